The summed E-state index contributed by atoms with van der Waals surface area (Å²) in [5.74, 6) is -0.416. The van der Waals surface area contributed by atoms with Crippen LogP contribution >= 0.6 is 23.2 Å². The monoisotopic (exact) mass is 318 g/mol. The minimum atomic E-state index is -0.416. The number of nitrogens with one attached hydrogen (secondary N) is 1. The van der Waals surface area contributed by atoms with Crippen molar-refractivity contribution in [1.82, 2.24) is 10.2 Å². The summed E-state index contributed by atoms with van der Waals surface area (Å²) in [6.07, 6.45) is 2.20. The first-order valence-corrected chi connectivity index (χ1v) is 7.90. The smallest absolute Gasteiger partial charge is 0.142 e. The second-order valence-corrected chi connectivity index (χ2v) is 6.14. The van der Waals surface area contributed by atoms with E-state index >= 15 is 0 Å². The van der Waals surface area contributed by atoms with Crippen molar-refractivity contribution in [2.45, 2.75) is 38.8 Å². The average Bonchev–Trinajstić information content (AvgIpc) is 2.44. The Bertz CT molecular complexity index is 459. The van der Waals surface area contributed by atoms with Crippen LogP contribution in [-0.4, -0.2) is 30.6 Å². The van der Waals surface area contributed by atoms with Gasteiger partial charge in [-0.15, -0.1) is 0 Å². The predicted octanol–water partition coefficient (Wildman–Crippen LogP) is 4.27. The van der Waals surface area contributed by atoms with E-state index in [4.69, 9.17) is 23.2 Å². The molecule has 0 spiro atoms. The molecule has 1 fully saturated rings. The van der Waals surface area contributed by atoms with Gasteiger partial charge < -0.3 is 10.2 Å². The Hall–Kier alpha value is -0.350. The van der Waals surface area contributed by atoms with Gasteiger partial charge in [0.1, 0.15) is 5.82 Å². The molecule has 0 aromatic heterocycles. The fourth-order valence-corrected chi connectivity index (χ4v) is 3.49. The normalized spacial score (nSPS) is 19.2. The van der Waals surface area contributed by atoms with Crippen molar-refractivity contribution >= 4 is 23.2 Å². The van der Waals surface area contributed by atoms with E-state index in [1.807, 2.05) is 6.92 Å². The highest BCUT2D eigenvalue weighted by Crippen LogP contribution is 2.33. The Morgan fingerprint density at radius 3 is 2.60 bits per heavy atom. The van der Waals surface area contributed by atoms with Crippen LogP contribution in [0.25, 0.3) is 0 Å². The first-order chi connectivity index (χ1) is 9.52. The summed E-state index contributed by atoms with van der Waals surface area (Å²) < 4.78 is 13.6. The molecule has 20 heavy (non-hydrogen) atoms. The maximum absolute atomic E-state index is 13.6. The molecule has 1 atom stereocenters. The van der Waals surface area contributed by atoms with Crippen LogP contribution in [0.4, 0.5) is 4.39 Å². The summed E-state index contributed by atoms with van der Waals surface area (Å²) in [6, 6.07) is 3.25. The third-order valence-electron chi connectivity index (χ3n) is 4.03. The van der Waals surface area contributed by atoms with Crippen molar-refractivity contribution in [1.29, 1.82) is 0 Å². The second-order valence-electron chi connectivity index (χ2n) is 5.35. The molecule has 1 aliphatic rings. The van der Waals surface area contributed by atoms with E-state index in [9.17, 15) is 4.39 Å². The lowest BCUT2D eigenvalue weighted by atomic mass is 10.0. The highest BCUT2D eigenvalue weighted by Gasteiger charge is 2.23. The Balaban J connectivity index is 2.02. The average molecular weight is 319 g/mol. The SMILES string of the molecule is CCN1CCC(NC(C)c2c(Cl)ccc(F)c2Cl)CC1. The highest BCUT2D eigenvalue weighted by atomic mass is 35.5. The molecule has 0 radical (unpaired) electrons. The molecule has 0 saturated carbocycles. The van der Waals surface area contributed by atoms with E-state index < -0.39 is 5.82 Å². The Labute approximate surface area is 130 Å². The first kappa shape index (κ1) is 16.0. The molecule has 1 heterocycles. The van der Waals surface area contributed by atoms with Gasteiger partial charge in [-0.25, -0.2) is 4.39 Å². The molecule has 2 rings (SSSR count). The van der Waals surface area contributed by atoms with Crippen molar-refractivity contribution in [3.05, 3.63) is 33.6 Å². The third kappa shape index (κ3) is 3.64. The molecule has 112 valence electrons. The van der Waals surface area contributed by atoms with Crippen molar-refractivity contribution < 1.29 is 4.39 Å². The molecule has 1 aromatic rings. The largest absolute Gasteiger partial charge is 0.307 e. The lowest BCUT2D eigenvalue weighted by Gasteiger charge is -2.33. The van der Waals surface area contributed by atoms with Crippen molar-refractivity contribution in [3.8, 4) is 0 Å². The Morgan fingerprint density at radius 2 is 2.00 bits per heavy atom. The van der Waals surface area contributed by atoms with Gasteiger partial charge in [-0.1, -0.05) is 30.1 Å². The first-order valence-electron chi connectivity index (χ1n) is 7.14. The molecule has 0 aliphatic carbocycles. The molecule has 0 amide bonds. The number of nitrogens with zero attached hydrogens (tertiary/aromatic N) is 1. The quantitative estimate of drug-likeness (QED) is 0.834. The van der Waals surface area contributed by atoms with Crippen LogP contribution in [0.15, 0.2) is 12.1 Å². The summed E-state index contributed by atoms with van der Waals surface area (Å²) >= 11 is 12.2. The second kappa shape index (κ2) is 7.08. The highest BCUT2D eigenvalue weighted by molar-refractivity contribution is 6.36. The van der Waals surface area contributed by atoms with Crippen molar-refractivity contribution in [2.75, 3.05) is 19.6 Å². The molecular weight excluding hydrogens is 298 g/mol. The van der Waals surface area contributed by atoms with Crippen LogP contribution in [-0.2, 0) is 0 Å². The molecule has 1 unspecified atom stereocenters. The van der Waals surface area contributed by atoms with Gasteiger partial charge in [0.15, 0.2) is 0 Å². The van der Waals surface area contributed by atoms with Crippen molar-refractivity contribution in [3.63, 3.8) is 0 Å². The minimum absolute atomic E-state index is 0.0520. The fraction of sp³-hybridized carbons (Fsp3) is 0.600. The fourth-order valence-electron chi connectivity index (χ4n) is 2.79. The summed E-state index contributed by atoms with van der Waals surface area (Å²) in [5.41, 5.74) is 0.659. The van der Waals surface area contributed by atoms with Crippen LogP contribution in [0.2, 0.25) is 10.0 Å². The van der Waals surface area contributed by atoms with Gasteiger partial charge in [0.25, 0.3) is 0 Å². The van der Waals surface area contributed by atoms with Gasteiger partial charge in [0.2, 0.25) is 0 Å². The molecule has 1 saturated heterocycles. The number of hydrogen-bond acceptors (Lipinski definition) is 2. The lowest BCUT2D eigenvalue weighted by Crippen LogP contribution is -2.43. The standard InChI is InChI=1S/C15H21Cl2FN2/c1-3-20-8-6-11(7-9-20)19-10(2)14-12(16)4-5-13(18)15(14)17/h4-5,10-11,19H,3,6-9H2,1-2H3. The molecule has 1 aromatic carbocycles. The summed E-state index contributed by atoms with van der Waals surface area (Å²) in [7, 11) is 0. The van der Waals surface area contributed by atoms with Crippen molar-refractivity contribution in [2.24, 2.45) is 0 Å². The summed E-state index contributed by atoms with van der Waals surface area (Å²) in [6.45, 7) is 7.47. The van der Waals surface area contributed by atoms with Gasteiger partial charge in [-0.2, -0.15) is 0 Å². The number of halogens is 3. The van der Waals surface area contributed by atoms with Crippen LogP contribution in [0, 0.1) is 5.82 Å². The molecular formula is C15H21Cl2FN2. The zero-order valence-electron chi connectivity index (χ0n) is 11.9. The Morgan fingerprint density at radius 1 is 1.35 bits per heavy atom. The number of rotatable bonds is 4. The van der Waals surface area contributed by atoms with E-state index in [1.54, 1.807) is 6.07 Å². The number of hydrogen-bond donors (Lipinski definition) is 1. The molecule has 0 bridgehead atoms. The van der Waals surface area contributed by atoms with E-state index in [1.165, 1.54) is 6.07 Å². The lowest BCUT2D eigenvalue weighted by molar-refractivity contribution is 0.200. The van der Waals surface area contributed by atoms with Gasteiger partial charge in [0.05, 0.1) is 5.02 Å². The molecule has 1 N–H and O–H groups in total. The van der Waals surface area contributed by atoms with Crippen LogP contribution in [0.1, 0.15) is 38.3 Å². The van der Waals surface area contributed by atoms with Crippen LogP contribution in [0.5, 0.6) is 0 Å². The van der Waals surface area contributed by atoms with Crippen LogP contribution < -0.4 is 5.32 Å². The zero-order chi connectivity index (χ0) is 14.7. The molecule has 5 heteroatoms. The van der Waals surface area contributed by atoms with Gasteiger partial charge in [-0.3, -0.25) is 0 Å². The van der Waals surface area contributed by atoms with E-state index in [2.05, 4.69) is 17.1 Å². The Kier molecular flexibility index (Phi) is 5.67. The predicted molar refractivity (Wildman–Crippen MR) is 83.1 cm³/mol. The number of piperidine rings is 1. The van der Waals surface area contributed by atoms with E-state index in [0.717, 1.165) is 32.5 Å². The minimum Gasteiger partial charge on any atom is -0.307 e. The number of likely N-dealkylation sites (tertiary alicyclic amines) is 1. The van der Waals surface area contributed by atoms with Crippen LogP contribution in [0.3, 0.4) is 0 Å². The maximum Gasteiger partial charge on any atom is 0.142 e. The van der Waals surface area contributed by atoms with Gasteiger partial charge in [0, 0.05) is 22.7 Å². The molecule has 2 nitrogen and oxygen atoms in total. The number of benzene rings is 1. The molecule has 1 aliphatic heterocycles. The maximum atomic E-state index is 13.6. The topological polar surface area (TPSA) is 15.3 Å². The summed E-state index contributed by atoms with van der Waals surface area (Å²) in [4.78, 5) is 2.44. The van der Waals surface area contributed by atoms with Gasteiger partial charge >= 0.3 is 0 Å². The van der Waals surface area contributed by atoms with E-state index in [-0.39, 0.29) is 11.1 Å². The summed E-state index contributed by atoms with van der Waals surface area (Å²) in [5, 5.41) is 4.17. The van der Waals surface area contributed by atoms with Gasteiger partial charge in [-0.05, 0) is 51.5 Å². The van der Waals surface area contributed by atoms with E-state index in [0.29, 0.717) is 16.6 Å². The third-order valence-corrected chi connectivity index (χ3v) is 4.75. The zero-order valence-corrected chi connectivity index (χ0v) is 13.4.